The van der Waals surface area contributed by atoms with Gasteiger partial charge in [0.25, 0.3) is 0 Å². The van der Waals surface area contributed by atoms with Crippen LogP contribution in [0.25, 0.3) is 0 Å². The lowest BCUT2D eigenvalue weighted by Gasteiger charge is -2.12. The Hall–Kier alpha value is -1.05. The highest BCUT2D eigenvalue weighted by molar-refractivity contribution is 5.80. The molecule has 0 aromatic rings. The van der Waals surface area contributed by atoms with Crippen LogP contribution in [0.2, 0.25) is 0 Å². The molecule has 0 bridgehead atoms. The van der Waals surface area contributed by atoms with Gasteiger partial charge in [-0.05, 0) is 38.0 Å². The van der Waals surface area contributed by atoms with Gasteiger partial charge >= 0.3 is 0 Å². The van der Waals surface area contributed by atoms with E-state index in [2.05, 4.69) is 29.6 Å². The average Bonchev–Trinajstić information content (AvgIpc) is 3.09. The molecule has 2 aliphatic rings. The van der Waals surface area contributed by atoms with Gasteiger partial charge < -0.3 is 5.32 Å². The van der Waals surface area contributed by atoms with Crippen LogP contribution in [-0.2, 0) is 4.79 Å². The predicted octanol–water partition coefficient (Wildman–Crippen LogP) is 2.43. The van der Waals surface area contributed by atoms with E-state index in [1.807, 2.05) is 0 Å². The second-order valence-electron chi connectivity index (χ2n) is 4.49. The monoisotopic (exact) mass is 205 g/mol. The average molecular weight is 205 g/mol. The van der Waals surface area contributed by atoms with Gasteiger partial charge in [-0.3, -0.25) is 4.79 Å². The van der Waals surface area contributed by atoms with Crippen LogP contribution in [0.4, 0.5) is 0 Å². The highest BCUT2D eigenvalue weighted by Crippen LogP contribution is 2.28. The second kappa shape index (κ2) is 5.15. The molecule has 2 rings (SSSR count). The molecule has 1 saturated carbocycles. The highest BCUT2D eigenvalue weighted by Gasteiger charge is 2.28. The maximum Gasteiger partial charge on any atom is 0.223 e. The first-order valence-electron chi connectivity index (χ1n) is 5.95. The number of allylic oxidation sites excluding steroid dienone is 3. The summed E-state index contributed by atoms with van der Waals surface area (Å²) in [6.07, 6.45) is 14.6. The van der Waals surface area contributed by atoms with E-state index in [0.717, 1.165) is 19.3 Å². The fourth-order valence-corrected chi connectivity index (χ4v) is 1.90. The van der Waals surface area contributed by atoms with Crippen molar-refractivity contribution in [1.82, 2.24) is 5.32 Å². The lowest BCUT2D eigenvalue weighted by atomic mass is 9.94. The SMILES string of the molecule is O=C(NC/C=C/C1CC=CCC1)C1CC1. The minimum atomic E-state index is 0.239. The number of hydrogen-bond acceptors (Lipinski definition) is 1. The van der Waals surface area contributed by atoms with Gasteiger partial charge in [0.15, 0.2) is 0 Å². The molecule has 1 atom stereocenters. The van der Waals surface area contributed by atoms with Crippen molar-refractivity contribution in [2.24, 2.45) is 11.8 Å². The van der Waals surface area contributed by atoms with Gasteiger partial charge in [-0.15, -0.1) is 0 Å². The smallest absolute Gasteiger partial charge is 0.223 e. The van der Waals surface area contributed by atoms with Crippen LogP contribution < -0.4 is 5.32 Å². The third-order valence-electron chi connectivity index (χ3n) is 3.06. The van der Waals surface area contributed by atoms with Gasteiger partial charge in [0.1, 0.15) is 0 Å². The summed E-state index contributed by atoms with van der Waals surface area (Å²) < 4.78 is 0. The van der Waals surface area contributed by atoms with E-state index in [-0.39, 0.29) is 5.91 Å². The highest BCUT2D eigenvalue weighted by atomic mass is 16.2. The Bertz CT molecular complexity index is 276. The van der Waals surface area contributed by atoms with Crippen LogP contribution in [-0.4, -0.2) is 12.5 Å². The number of nitrogens with one attached hydrogen (secondary N) is 1. The molecule has 0 radical (unpaired) electrons. The molecule has 2 heteroatoms. The Labute approximate surface area is 91.4 Å². The normalized spacial score (nSPS) is 25.7. The van der Waals surface area contributed by atoms with Crippen molar-refractivity contribution in [3.63, 3.8) is 0 Å². The van der Waals surface area contributed by atoms with Crippen LogP contribution in [0, 0.1) is 11.8 Å². The number of amides is 1. The predicted molar refractivity (Wildman–Crippen MR) is 61.4 cm³/mol. The zero-order chi connectivity index (χ0) is 10.5. The van der Waals surface area contributed by atoms with E-state index in [1.165, 1.54) is 12.8 Å². The standard InChI is InChI=1S/C13H19NO/c15-13(12-8-9-12)14-10-4-7-11-5-2-1-3-6-11/h1-2,4,7,11-12H,3,5-6,8-10H2,(H,14,15)/b7-4+. The summed E-state index contributed by atoms with van der Waals surface area (Å²) >= 11 is 0. The minimum absolute atomic E-state index is 0.239. The molecular weight excluding hydrogens is 186 g/mol. The van der Waals surface area contributed by atoms with Crippen LogP contribution in [0.5, 0.6) is 0 Å². The lowest BCUT2D eigenvalue weighted by Crippen LogP contribution is -2.24. The summed E-state index contributed by atoms with van der Waals surface area (Å²) in [5.74, 6) is 1.26. The first kappa shape index (κ1) is 10.5. The molecular formula is C13H19NO. The van der Waals surface area contributed by atoms with Crippen molar-refractivity contribution in [2.45, 2.75) is 32.1 Å². The van der Waals surface area contributed by atoms with E-state index in [0.29, 0.717) is 18.4 Å². The molecule has 2 nitrogen and oxygen atoms in total. The Morgan fingerprint density at radius 3 is 2.87 bits per heavy atom. The topological polar surface area (TPSA) is 29.1 Å². The van der Waals surface area contributed by atoms with Gasteiger partial charge in [-0.25, -0.2) is 0 Å². The number of carbonyl (C=O) groups is 1. The summed E-state index contributed by atoms with van der Waals surface area (Å²) in [5.41, 5.74) is 0. The Kier molecular flexibility index (Phi) is 3.59. The molecule has 0 spiro atoms. The maximum atomic E-state index is 11.3. The molecule has 1 fully saturated rings. The van der Waals surface area contributed by atoms with Gasteiger partial charge in [-0.2, -0.15) is 0 Å². The summed E-state index contributed by atoms with van der Waals surface area (Å²) in [5, 5.41) is 2.94. The number of carbonyl (C=O) groups excluding carboxylic acids is 1. The van der Waals surface area contributed by atoms with Crippen molar-refractivity contribution < 1.29 is 4.79 Å². The van der Waals surface area contributed by atoms with Crippen molar-refractivity contribution >= 4 is 5.91 Å². The van der Waals surface area contributed by atoms with Crippen LogP contribution in [0.1, 0.15) is 32.1 Å². The van der Waals surface area contributed by atoms with E-state index in [9.17, 15) is 4.79 Å². The third kappa shape index (κ3) is 3.54. The molecule has 1 amide bonds. The van der Waals surface area contributed by atoms with E-state index in [1.54, 1.807) is 0 Å². The number of rotatable bonds is 4. The fraction of sp³-hybridized carbons (Fsp3) is 0.615. The van der Waals surface area contributed by atoms with Crippen molar-refractivity contribution in [3.8, 4) is 0 Å². The Morgan fingerprint density at radius 1 is 1.33 bits per heavy atom. The molecule has 15 heavy (non-hydrogen) atoms. The zero-order valence-corrected chi connectivity index (χ0v) is 9.11. The van der Waals surface area contributed by atoms with Crippen LogP contribution in [0.15, 0.2) is 24.3 Å². The zero-order valence-electron chi connectivity index (χ0n) is 9.11. The quantitative estimate of drug-likeness (QED) is 0.702. The largest absolute Gasteiger partial charge is 0.352 e. The lowest BCUT2D eigenvalue weighted by molar-refractivity contribution is -0.122. The van der Waals surface area contributed by atoms with Gasteiger partial charge in [0, 0.05) is 12.5 Å². The molecule has 0 aliphatic heterocycles. The summed E-state index contributed by atoms with van der Waals surface area (Å²) in [6.45, 7) is 0.704. The molecule has 0 aromatic heterocycles. The van der Waals surface area contributed by atoms with Gasteiger partial charge in [0.05, 0.1) is 0 Å². The Morgan fingerprint density at radius 2 is 2.20 bits per heavy atom. The molecule has 0 saturated heterocycles. The number of hydrogen-bond donors (Lipinski definition) is 1. The molecule has 2 aliphatic carbocycles. The van der Waals surface area contributed by atoms with Crippen molar-refractivity contribution in [2.75, 3.05) is 6.54 Å². The molecule has 82 valence electrons. The molecule has 0 aromatic carbocycles. The van der Waals surface area contributed by atoms with Gasteiger partial charge in [-0.1, -0.05) is 24.3 Å². The fourth-order valence-electron chi connectivity index (χ4n) is 1.90. The summed E-state index contributed by atoms with van der Waals surface area (Å²) in [7, 11) is 0. The molecule has 0 heterocycles. The van der Waals surface area contributed by atoms with Crippen LogP contribution in [0.3, 0.4) is 0 Å². The van der Waals surface area contributed by atoms with Crippen molar-refractivity contribution in [1.29, 1.82) is 0 Å². The summed E-state index contributed by atoms with van der Waals surface area (Å²) in [4.78, 5) is 11.3. The summed E-state index contributed by atoms with van der Waals surface area (Å²) in [6, 6.07) is 0. The van der Waals surface area contributed by atoms with E-state index >= 15 is 0 Å². The van der Waals surface area contributed by atoms with Crippen molar-refractivity contribution in [3.05, 3.63) is 24.3 Å². The molecule has 1 unspecified atom stereocenters. The van der Waals surface area contributed by atoms with Gasteiger partial charge in [0.2, 0.25) is 5.91 Å². The second-order valence-corrected chi connectivity index (χ2v) is 4.49. The first-order chi connectivity index (χ1) is 7.36. The molecule has 1 N–H and O–H groups in total. The Balaban J connectivity index is 1.61. The first-order valence-corrected chi connectivity index (χ1v) is 5.95. The third-order valence-corrected chi connectivity index (χ3v) is 3.06. The van der Waals surface area contributed by atoms with E-state index in [4.69, 9.17) is 0 Å². The maximum absolute atomic E-state index is 11.3. The van der Waals surface area contributed by atoms with Crippen LogP contribution >= 0.6 is 0 Å². The minimum Gasteiger partial charge on any atom is -0.352 e. The van der Waals surface area contributed by atoms with E-state index < -0.39 is 0 Å².